The van der Waals surface area contributed by atoms with E-state index in [2.05, 4.69) is 31.1 Å². The second-order valence-electron chi connectivity index (χ2n) is 6.69. The first kappa shape index (κ1) is 20.4. The fourth-order valence-corrected chi connectivity index (χ4v) is 3.01. The van der Waals surface area contributed by atoms with Crippen molar-refractivity contribution in [2.75, 3.05) is 16.2 Å². The van der Waals surface area contributed by atoms with Gasteiger partial charge in [0.25, 0.3) is 5.69 Å². The van der Waals surface area contributed by atoms with E-state index in [0.29, 0.717) is 16.9 Å². The summed E-state index contributed by atoms with van der Waals surface area (Å²) in [6.45, 7) is 1.86. The van der Waals surface area contributed by atoms with E-state index in [9.17, 15) is 20.2 Å². The van der Waals surface area contributed by atoms with Crippen LogP contribution in [0.15, 0.2) is 60.9 Å². The number of para-hydroxylation sites is 1. The molecule has 12 nitrogen and oxygen atoms in total. The molecule has 3 N–H and O–H groups in total. The zero-order valence-electron chi connectivity index (χ0n) is 16.6. The number of aromatic nitrogens is 3. The molecule has 4 aromatic rings. The molecule has 0 bridgehead atoms. The number of anilines is 4. The van der Waals surface area contributed by atoms with E-state index in [1.165, 1.54) is 30.6 Å². The quantitative estimate of drug-likeness (QED) is 0.283. The minimum atomic E-state index is -0.605. The molecular weight excluding hydrogens is 416 g/mol. The predicted octanol–water partition coefficient (Wildman–Crippen LogP) is 4.33. The summed E-state index contributed by atoms with van der Waals surface area (Å²) < 4.78 is 0. The van der Waals surface area contributed by atoms with Crippen LogP contribution in [0.1, 0.15) is 5.69 Å². The van der Waals surface area contributed by atoms with Crippen molar-refractivity contribution in [2.24, 2.45) is 0 Å². The number of nitrogens with one attached hydrogen (secondary N) is 3. The zero-order chi connectivity index (χ0) is 22.7. The van der Waals surface area contributed by atoms with E-state index in [0.717, 1.165) is 11.1 Å². The first-order valence-corrected chi connectivity index (χ1v) is 9.31. The molecule has 0 radical (unpaired) electrons. The van der Waals surface area contributed by atoms with Gasteiger partial charge < -0.3 is 5.32 Å². The second kappa shape index (κ2) is 8.47. The van der Waals surface area contributed by atoms with Crippen LogP contribution in [0, 0.1) is 27.2 Å². The minimum absolute atomic E-state index is 0.0196. The fraction of sp³-hybridized carbons (Fsp3) is 0.0500. The number of non-ortho nitro benzene ring substituents is 1. The van der Waals surface area contributed by atoms with Crippen molar-refractivity contribution in [3.63, 3.8) is 0 Å². The molecule has 160 valence electrons. The van der Waals surface area contributed by atoms with Crippen molar-refractivity contribution < 1.29 is 9.85 Å². The molecule has 0 aliphatic carbocycles. The smallest absolute Gasteiger partial charge is 0.332 e. The van der Waals surface area contributed by atoms with E-state index in [4.69, 9.17) is 0 Å². The number of aryl methyl sites for hydroxylation is 1. The fourth-order valence-electron chi connectivity index (χ4n) is 3.01. The minimum Gasteiger partial charge on any atom is -0.332 e. The van der Waals surface area contributed by atoms with Gasteiger partial charge in [0.1, 0.15) is 6.33 Å². The van der Waals surface area contributed by atoms with Gasteiger partial charge in [0.15, 0.2) is 0 Å². The van der Waals surface area contributed by atoms with Crippen LogP contribution in [-0.4, -0.2) is 24.8 Å². The number of nitrogens with zero attached hydrogens (tertiary/aromatic N) is 5. The predicted molar refractivity (Wildman–Crippen MR) is 119 cm³/mol. The number of rotatable bonds is 7. The maximum Gasteiger partial charge on any atom is 0.355 e. The number of pyridine rings is 1. The monoisotopic (exact) mass is 432 g/mol. The molecule has 0 aliphatic rings. The number of hydrogen-bond acceptors (Lipinski definition) is 10. The molecule has 32 heavy (non-hydrogen) atoms. The SMILES string of the molecule is Cc1ccc2cccc(Nc3ncnc(NNc4ccc([N+](=O)[O-])cc4)c3[N+](=O)[O-])c2n1. The Bertz CT molecular complexity index is 1330. The lowest BCUT2D eigenvalue weighted by atomic mass is 10.1. The molecule has 0 fully saturated rings. The van der Waals surface area contributed by atoms with Gasteiger partial charge in [-0.05, 0) is 31.2 Å². The highest BCUT2D eigenvalue weighted by Crippen LogP contribution is 2.33. The number of nitro benzene ring substituents is 1. The third-order valence-corrected chi connectivity index (χ3v) is 4.52. The lowest BCUT2D eigenvalue weighted by Crippen LogP contribution is -2.13. The van der Waals surface area contributed by atoms with Gasteiger partial charge in [-0.25, -0.2) is 9.97 Å². The molecular formula is C20H16N8O4. The van der Waals surface area contributed by atoms with Crippen LogP contribution in [0.25, 0.3) is 10.9 Å². The Labute approximate surface area is 180 Å². The number of hydrogen-bond donors (Lipinski definition) is 3. The van der Waals surface area contributed by atoms with Crippen LogP contribution in [0.5, 0.6) is 0 Å². The second-order valence-corrected chi connectivity index (χ2v) is 6.69. The normalized spacial score (nSPS) is 10.5. The average Bonchev–Trinajstić information content (AvgIpc) is 2.78. The molecule has 0 saturated carbocycles. The standard InChI is InChI=1S/C20H16N8O4/c1-12-5-6-13-3-2-4-16(17(13)23-12)24-19-18(28(31)32)20(22-11-21-19)26-25-14-7-9-15(10-8-14)27(29)30/h2-11,25H,1H3,(H2,21,22,24,26). The lowest BCUT2D eigenvalue weighted by Gasteiger charge is -2.12. The van der Waals surface area contributed by atoms with Crippen LogP contribution in [0.2, 0.25) is 0 Å². The van der Waals surface area contributed by atoms with Gasteiger partial charge in [0.05, 0.1) is 26.7 Å². The summed E-state index contributed by atoms with van der Waals surface area (Å²) in [5.41, 5.74) is 7.41. The number of nitro groups is 2. The van der Waals surface area contributed by atoms with Gasteiger partial charge in [-0.3, -0.25) is 36.1 Å². The van der Waals surface area contributed by atoms with Crippen LogP contribution < -0.4 is 16.2 Å². The van der Waals surface area contributed by atoms with Crippen LogP contribution in [-0.2, 0) is 0 Å². The van der Waals surface area contributed by atoms with Crippen LogP contribution in [0.4, 0.5) is 34.4 Å². The van der Waals surface area contributed by atoms with Crippen molar-refractivity contribution in [3.05, 3.63) is 86.8 Å². The first-order valence-electron chi connectivity index (χ1n) is 9.31. The molecule has 12 heteroatoms. The Hall–Kier alpha value is -4.87. The Morgan fingerprint density at radius 3 is 2.31 bits per heavy atom. The molecule has 0 aliphatic heterocycles. The number of benzene rings is 2. The summed E-state index contributed by atoms with van der Waals surface area (Å²) >= 11 is 0. The van der Waals surface area contributed by atoms with Crippen molar-refractivity contribution in [3.8, 4) is 0 Å². The molecule has 0 unspecified atom stereocenters. The molecule has 0 atom stereocenters. The highest BCUT2D eigenvalue weighted by molar-refractivity contribution is 5.93. The molecule has 2 heterocycles. The van der Waals surface area contributed by atoms with Crippen molar-refractivity contribution in [1.82, 2.24) is 15.0 Å². The van der Waals surface area contributed by atoms with Gasteiger partial charge in [-0.15, -0.1) is 0 Å². The Balaban J connectivity index is 1.63. The van der Waals surface area contributed by atoms with Gasteiger partial charge in [-0.2, -0.15) is 0 Å². The largest absolute Gasteiger partial charge is 0.355 e. The summed E-state index contributed by atoms with van der Waals surface area (Å²) in [5, 5.41) is 26.4. The van der Waals surface area contributed by atoms with E-state index < -0.39 is 9.85 Å². The third kappa shape index (κ3) is 4.18. The summed E-state index contributed by atoms with van der Waals surface area (Å²) in [4.78, 5) is 33.9. The maximum atomic E-state index is 11.8. The number of fused-ring (bicyclic) bond motifs is 1. The van der Waals surface area contributed by atoms with Gasteiger partial charge in [0, 0.05) is 23.2 Å². The van der Waals surface area contributed by atoms with Gasteiger partial charge >= 0.3 is 5.69 Å². The summed E-state index contributed by atoms with van der Waals surface area (Å²) in [6.07, 6.45) is 1.18. The highest BCUT2D eigenvalue weighted by atomic mass is 16.6. The third-order valence-electron chi connectivity index (χ3n) is 4.52. The van der Waals surface area contributed by atoms with Crippen molar-refractivity contribution in [2.45, 2.75) is 6.92 Å². The van der Waals surface area contributed by atoms with Crippen LogP contribution >= 0.6 is 0 Å². The van der Waals surface area contributed by atoms with Crippen LogP contribution in [0.3, 0.4) is 0 Å². The van der Waals surface area contributed by atoms with E-state index >= 15 is 0 Å². The summed E-state index contributed by atoms with van der Waals surface area (Å²) in [5.74, 6) is -0.107. The average molecular weight is 432 g/mol. The van der Waals surface area contributed by atoms with Crippen molar-refractivity contribution >= 4 is 45.3 Å². The zero-order valence-corrected chi connectivity index (χ0v) is 16.6. The van der Waals surface area contributed by atoms with E-state index in [1.54, 1.807) is 6.07 Å². The topological polar surface area (TPSA) is 161 Å². The summed E-state index contributed by atoms with van der Waals surface area (Å²) in [6, 6.07) is 14.8. The van der Waals surface area contributed by atoms with E-state index in [1.807, 2.05) is 31.2 Å². The molecule has 4 rings (SSSR count). The molecule has 2 aromatic carbocycles. The molecule has 0 spiro atoms. The Kier molecular flexibility index (Phi) is 5.40. The van der Waals surface area contributed by atoms with Crippen molar-refractivity contribution in [1.29, 1.82) is 0 Å². The van der Waals surface area contributed by atoms with Gasteiger partial charge in [0.2, 0.25) is 11.6 Å². The molecule has 2 aromatic heterocycles. The molecule has 0 amide bonds. The Morgan fingerprint density at radius 1 is 0.844 bits per heavy atom. The summed E-state index contributed by atoms with van der Waals surface area (Å²) in [7, 11) is 0. The molecule has 0 saturated heterocycles. The van der Waals surface area contributed by atoms with E-state index in [-0.39, 0.29) is 23.0 Å². The highest BCUT2D eigenvalue weighted by Gasteiger charge is 2.24. The Morgan fingerprint density at radius 2 is 1.59 bits per heavy atom. The maximum absolute atomic E-state index is 11.8. The van der Waals surface area contributed by atoms with Gasteiger partial charge in [-0.1, -0.05) is 18.2 Å². The lowest BCUT2D eigenvalue weighted by molar-refractivity contribution is -0.384. The number of hydrazine groups is 1. The first-order chi connectivity index (χ1) is 15.4.